The molecule has 7 heavy (non-hydrogen) atoms. The van der Waals surface area contributed by atoms with Crippen LogP contribution in [0.2, 0.25) is 0 Å². The summed E-state index contributed by atoms with van der Waals surface area (Å²) in [5, 5.41) is 0.944. The van der Waals surface area contributed by atoms with Crippen LogP contribution >= 0.6 is 15.9 Å². The fourth-order valence-electron chi connectivity index (χ4n) is 0.339. The first-order valence-corrected chi connectivity index (χ1v) is 3.56. The molecule has 0 aromatic heterocycles. The van der Waals surface area contributed by atoms with Crippen LogP contribution in [0.3, 0.4) is 0 Å². The topological polar surface area (TPSA) is 9.23 Å². The Bertz CT molecular complexity index is 29.6. The molecule has 0 heterocycles. The number of methoxy groups -OCH3 is 1. The molecule has 0 radical (unpaired) electrons. The Balaban J connectivity index is 2.99. The predicted octanol–water partition coefficient (Wildman–Crippen LogP) is 1.81. The Morgan fingerprint density at radius 2 is 2.29 bits per heavy atom. The van der Waals surface area contributed by atoms with Crippen LogP contribution in [0.1, 0.15) is 13.3 Å². The number of rotatable bonds is 3. The van der Waals surface area contributed by atoms with Crippen molar-refractivity contribution in [3.05, 3.63) is 0 Å². The highest BCUT2D eigenvalue weighted by atomic mass is 79.9. The molecule has 0 aliphatic carbocycles. The quantitative estimate of drug-likeness (QED) is 0.582. The molecule has 1 atom stereocenters. The minimum absolute atomic E-state index is 0.403. The summed E-state index contributed by atoms with van der Waals surface area (Å²) < 4.78 is 5.00. The first-order valence-electron chi connectivity index (χ1n) is 2.43. The van der Waals surface area contributed by atoms with Gasteiger partial charge in [0.05, 0.1) is 6.10 Å². The maximum Gasteiger partial charge on any atom is 0.0665 e. The molecule has 0 aliphatic rings. The molecular weight excluding hydrogens is 156 g/mol. The average molecular weight is 167 g/mol. The second-order valence-corrected chi connectivity index (χ2v) is 2.07. The van der Waals surface area contributed by atoms with Gasteiger partial charge in [-0.2, -0.15) is 0 Å². The van der Waals surface area contributed by atoms with Gasteiger partial charge >= 0.3 is 0 Å². The average Bonchev–Trinajstić information content (AvgIpc) is 1.72. The van der Waals surface area contributed by atoms with E-state index < -0.39 is 0 Å². The standard InChI is InChI=1S/C5H11BrO/c1-3-5(4-6)7-2/h5H,3-4H2,1-2H3/t5-/m1/s1. The SMILES string of the molecule is CC[C@H](CBr)OC. The van der Waals surface area contributed by atoms with Crippen molar-refractivity contribution in [1.29, 1.82) is 0 Å². The van der Waals surface area contributed by atoms with Crippen molar-refractivity contribution in [2.45, 2.75) is 19.4 Å². The molecule has 0 aromatic rings. The number of hydrogen-bond donors (Lipinski definition) is 0. The van der Waals surface area contributed by atoms with Gasteiger partial charge in [-0.05, 0) is 6.42 Å². The Morgan fingerprint density at radius 3 is 2.29 bits per heavy atom. The summed E-state index contributed by atoms with van der Waals surface area (Å²) in [5.41, 5.74) is 0. The molecule has 0 saturated carbocycles. The molecule has 0 spiro atoms. The van der Waals surface area contributed by atoms with E-state index in [-0.39, 0.29) is 0 Å². The van der Waals surface area contributed by atoms with Gasteiger partial charge in [0.1, 0.15) is 0 Å². The molecule has 2 heteroatoms. The van der Waals surface area contributed by atoms with E-state index in [0.29, 0.717) is 6.10 Å². The van der Waals surface area contributed by atoms with Gasteiger partial charge in [-0.3, -0.25) is 0 Å². The third-order valence-corrected chi connectivity index (χ3v) is 1.68. The zero-order chi connectivity index (χ0) is 5.70. The maximum atomic E-state index is 5.00. The lowest BCUT2D eigenvalue weighted by molar-refractivity contribution is 0.120. The van der Waals surface area contributed by atoms with E-state index in [2.05, 4.69) is 22.9 Å². The molecule has 0 aliphatic heterocycles. The zero-order valence-corrected chi connectivity index (χ0v) is 6.36. The normalized spacial score (nSPS) is 14.1. The van der Waals surface area contributed by atoms with Gasteiger partial charge in [0, 0.05) is 12.4 Å². The van der Waals surface area contributed by atoms with Crippen molar-refractivity contribution in [3.63, 3.8) is 0 Å². The van der Waals surface area contributed by atoms with E-state index in [1.165, 1.54) is 0 Å². The third kappa shape index (κ3) is 3.06. The number of alkyl halides is 1. The van der Waals surface area contributed by atoms with Crippen LogP contribution in [0.4, 0.5) is 0 Å². The van der Waals surface area contributed by atoms with E-state index in [9.17, 15) is 0 Å². The van der Waals surface area contributed by atoms with Gasteiger partial charge in [-0.25, -0.2) is 0 Å². The van der Waals surface area contributed by atoms with Crippen molar-refractivity contribution in [1.82, 2.24) is 0 Å². The summed E-state index contributed by atoms with van der Waals surface area (Å²) in [4.78, 5) is 0. The Morgan fingerprint density at radius 1 is 1.71 bits per heavy atom. The minimum Gasteiger partial charge on any atom is -0.381 e. The Hall–Kier alpha value is 0.440. The van der Waals surface area contributed by atoms with Gasteiger partial charge in [-0.1, -0.05) is 22.9 Å². The first-order chi connectivity index (χ1) is 3.35. The molecule has 0 rings (SSSR count). The predicted molar refractivity (Wildman–Crippen MR) is 34.9 cm³/mol. The molecule has 1 nitrogen and oxygen atoms in total. The van der Waals surface area contributed by atoms with Gasteiger partial charge < -0.3 is 4.74 Å². The van der Waals surface area contributed by atoms with Crippen molar-refractivity contribution in [3.8, 4) is 0 Å². The van der Waals surface area contributed by atoms with Gasteiger partial charge in [0.15, 0.2) is 0 Å². The summed E-state index contributed by atoms with van der Waals surface area (Å²) in [5.74, 6) is 0. The molecular formula is C5H11BrO. The monoisotopic (exact) mass is 166 g/mol. The van der Waals surface area contributed by atoms with Crippen LogP contribution in [0, 0.1) is 0 Å². The van der Waals surface area contributed by atoms with Crippen LogP contribution in [-0.4, -0.2) is 18.5 Å². The number of hydrogen-bond acceptors (Lipinski definition) is 1. The van der Waals surface area contributed by atoms with Crippen LogP contribution in [0.25, 0.3) is 0 Å². The van der Waals surface area contributed by atoms with E-state index in [4.69, 9.17) is 4.74 Å². The van der Waals surface area contributed by atoms with E-state index in [1.54, 1.807) is 7.11 Å². The number of ether oxygens (including phenoxy) is 1. The maximum absolute atomic E-state index is 5.00. The second-order valence-electron chi connectivity index (χ2n) is 1.42. The zero-order valence-electron chi connectivity index (χ0n) is 4.78. The summed E-state index contributed by atoms with van der Waals surface area (Å²) in [6, 6.07) is 0. The highest BCUT2D eigenvalue weighted by Gasteiger charge is 1.97. The molecule has 0 unspecified atom stereocenters. The fraction of sp³-hybridized carbons (Fsp3) is 1.00. The van der Waals surface area contributed by atoms with Gasteiger partial charge in [0.25, 0.3) is 0 Å². The highest BCUT2D eigenvalue weighted by molar-refractivity contribution is 9.09. The fourth-order valence-corrected chi connectivity index (χ4v) is 1.06. The van der Waals surface area contributed by atoms with Crippen molar-refractivity contribution >= 4 is 15.9 Å². The third-order valence-electron chi connectivity index (χ3n) is 0.961. The highest BCUT2D eigenvalue weighted by Crippen LogP contribution is 1.98. The van der Waals surface area contributed by atoms with Gasteiger partial charge in [0.2, 0.25) is 0 Å². The smallest absolute Gasteiger partial charge is 0.0665 e. The summed E-state index contributed by atoms with van der Waals surface area (Å²) in [6.45, 7) is 2.11. The van der Waals surface area contributed by atoms with E-state index in [0.717, 1.165) is 11.8 Å². The molecule has 0 bridgehead atoms. The molecule has 0 N–H and O–H groups in total. The van der Waals surface area contributed by atoms with Crippen LogP contribution in [0.5, 0.6) is 0 Å². The van der Waals surface area contributed by atoms with Gasteiger partial charge in [-0.15, -0.1) is 0 Å². The van der Waals surface area contributed by atoms with Crippen molar-refractivity contribution in [2.24, 2.45) is 0 Å². The lowest BCUT2D eigenvalue weighted by Gasteiger charge is -2.06. The summed E-state index contributed by atoms with van der Waals surface area (Å²) in [7, 11) is 1.73. The molecule has 44 valence electrons. The van der Waals surface area contributed by atoms with Crippen molar-refractivity contribution in [2.75, 3.05) is 12.4 Å². The lowest BCUT2D eigenvalue weighted by Crippen LogP contribution is -2.09. The van der Waals surface area contributed by atoms with Crippen molar-refractivity contribution < 1.29 is 4.74 Å². The largest absolute Gasteiger partial charge is 0.381 e. The summed E-state index contributed by atoms with van der Waals surface area (Å²) >= 11 is 3.31. The molecule has 0 saturated heterocycles. The van der Waals surface area contributed by atoms with Crippen LogP contribution in [0.15, 0.2) is 0 Å². The second kappa shape index (κ2) is 4.60. The minimum atomic E-state index is 0.403. The van der Waals surface area contributed by atoms with Crippen LogP contribution in [-0.2, 0) is 4.74 Å². The molecule has 0 aromatic carbocycles. The van der Waals surface area contributed by atoms with E-state index >= 15 is 0 Å². The Labute approximate surface area is 53.2 Å². The summed E-state index contributed by atoms with van der Waals surface area (Å²) in [6.07, 6.45) is 1.49. The number of halogens is 1. The molecule has 0 fully saturated rings. The first kappa shape index (κ1) is 7.44. The Kier molecular flexibility index (Phi) is 4.88. The molecule has 0 amide bonds. The van der Waals surface area contributed by atoms with Crippen LogP contribution < -0.4 is 0 Å². The lowest BCUT2D eigenvalue weighted by atomic mass is 10.3. The van der Waals surface area contributed by atoms with E-state index in [1.807, 2.05) is 0 Å².